The smallest absolute Gasteiger partial charge is 0.408 e. The second-order valence-electron chi connectivity index (χ2n) is 10.5. The fourth-order valence-electron chi connectivity index (χ4n) is 3.93. The van der Waals surface area contributed by atoms with Crippen LogP contribution >= 0.6 is 0 Å². The summed E-state index contributed by atoms with van der Waals surface area (Å²) in [6.07, 6.45) is 1.37. The Morgan fingerprint density at radius 2 is 1.45 bits per heavy atom. The number of hydroxylamine groups is 1. The van der Waals surface area contributed by atoms with Crippen molar-refractivity contribution in [1.82, 2.24) is 26.1 Å². The number of esters is 1. The minimum atomic E-state index is -1.24. The van der Waals surface area contributed by atoms with Gasteiger partial charge in [-0.1, -0.05) is 60.7 Å². The predicted octanol–water partition coefficient (Wildman–Crippen LogP) is 2.41. The van der Waals surface area contributed by atoms with Crippen LogP contribution in [0.2, 0.25) is 0 Å². The fraction of sp³-hybridized carbons (Fsp3) is 0.367. The maximum absolute atomic E-state index is 13.4. The number of amides is 3. The molecule has 0 aliphatic rings. The van der Waals surface area contributed by atoms with Crippen LogP contribution in [0.15, 0.2) is 73.1 Å². The molecule has 0 unspecified atom stereocenters. The van der Waals surface area contributed by atoms with Crippen LogP contribution < -0.4 is 16.1 Å². The average molecular weight is 580 g/mol. The molecular formula is C30H37N5O7. The summed E-state index contributed by atoms with van der Waals surface area (Å²) in [5, 5.41) is 5.22. The lowest BCUT2D eigenvalue weighted by molar-refractivity contribution is -0.153. The summed E-state index contributed by atoms with van der Waals surface area (Å²) < 4.78 is 10.2. The molecule has 0 aliphatic heterocycles. The zero-order valence-electron chi connectivity index (χ0n) is 24.1. The van der Waals surface area contributed by atoms with E-state index in [9.17, 15) is 19.2 Å². The fourth-order valence-corrected chi connectivity index (χ4v) is 3.93. The first kappa shape index (κ1) is 31.8. The number of imidazole rings is 1. The standard InChI is InChI=1S/C30H37N5O7/c1-30(2,3)41-29(39)34-22(17-20-11-7-5-8-12-20)26(36)35-42-24(18-21-13-9-6-10-14-21)27(37)33-23(28(38)40-4)19-25-31-15-16-32-25/h5-16,22-24H,17-19H2,1-4H3,(H,31,32)(H,33,37)(H,34,39)(H,35,36)/t22-,23-,24-/m0/s1. The summed E-state index contributed by atoms with van der Waals surface area (Å²) in [6, 6.07) is 16.0. The van der Waals surface area contributed by atoms with E-state index in [2.05, 4.69) is 26.1 Å². The van der Waals surface area contributed by atoms with Gasteiger partial charge in [0.25, 0.3) is 11.8 Å². The van der Waals surface area contributed by atoms with E-state index in [0.29, 0.717) is 5.82 Å². The van der Waals surface area contributed by atoms with Crippen molar-refractivity contribution < 1.29 is 33.5 Å². The van der Waals surface area contributed by atoms with Gasteiger partial charge < -0.3 is 25.1 Å². The lowest BCUT2D eigenvalue weighted by Gasteiger charge is -2.25. The molecule has 3 amide bonds. The highest BCUT2D eigenvalue weighted by Crippen LogP contribution is 2.11. The number of hydrogen-bond donors (Lipinski definition) is 4. The number of alkyl carbamates (subject to hydrolysis) is 1. The molecule has 3 atom stereocenters. The second kappa shape index (κ2) is 15.3. The van der Waals surface area contributed by atoms with Crippen LogP contribution in [0.4, 0.5) is 4.79 Å². The lowest BCUT2D eigenvalue weighted by atomic mass is 10.1. The molecule has 42 heavy (non-hydrogen) atoms. The highest BCUT2D eigenvalue weighted by molar-refractivity contribution is 5.88. The third kappa shape index (κ3) is 10.7. The van der Waals surface area contributed by atoms with Gasteiger partial charge in [0, 0.05) is 31.7 Å². The van der Waals surface area contributed by atoms with Crippen molar-refractivity contribution in [2.24, 2.45) is 0 Å². The number of nitrogens with one attached hydrogen (secondary N) is 4. The molecule has 0 saturated carbocycles. The lowest BCUT2D eigenvalue weighted by Crippen LogP contribution is -2.53. The van der Waals surface area contributed by atoms with Gasteiger partial charge in [-0.25, -0.2) is 20.1 Å². The molecule has 12 nitrogen and oxygen atoms in total. The topological polar surface area (TPSA) is 161 Å². The maximum Gasteiger partial charge on any atom is 0.408 e. The Bertz CT molecular complexity index is 1290. The van der Waals surface area contributed by atoms with Crippen LogP contribution in [0.5, 0.6) is 0 Å². The first-order valence-corrected chi connectivity index (χ1v) is 13.4. The number of hydrogen-bond acceptors (Lipinski definition) is 8. The van der Waals surface area contributed by atoms with Crippen LogP contribution in [0.3, 0.4) is 0 Å². The molecular weight excluding hydrogens is 542 g/mol. The van der Waals surface area contributed by atoms with E-state index in [4.69, 9.17) is 14.3 Å². The molecule has 0 saturated heterocycles. The van der Waals surface area contributed by atoms with Crippen molar-refractivity contribution in [3.05, 3.63) is 90.0 Å². The zero-order chi connectivity index (χ0) is 30.5. The van der Waals surface area contributed by atoms with Crippen molar-refractivity contribution >= 4 is 23.9 Å². The maximum atomic E-state index is 13.4. The minimum absolute atomic E-state index is 0.0504. The Balaban J connectivity index is 1.76. The van der Waals surface area contributed by atoms with Gasteiger partial charge >= 0.3 is 12.1 Å². The number of nitrogens with zero attached hydrogens (tertiary/aromatic N) is 1. The molecule has 0 aliphatic carbocycles. The molecule has 0 spiro atoms. The highest BCUT2D eigenvalue weighted by Gasteiger charge is 2.30. The number of methoxy groups -OCH3 is 1. The quantitative estimate of drug-likeness (QED) is 0.177. The van der Waals surface area contributed by atoms with Gasteiger partial charge in [-0.05, 0) is 31.9 Å². The summed E-state index contributed by atoms with van der Waals surface area (Å²) in [6.45, 7) is 5.13. The molecule has 3 rings (SSSR count). The molecule has 1 heterocycles. The van der Waals surface area contributed by atoms with Gasteiger partial charge in [0.2, 0.25) is 0 Å². The van der Waals surface area contributed by atoms with Gasteiger partial charge in [-0.2, -0.15) is 0 Å². The molecule has 0 bridgehead atoms. The molecule has 4 N–H and O–H groups in total. The second-order valence-corrected chi connectivity index (χ2v) is 10.5. The summed E-state index contributed by atoms with van der Waals surface area (Å²) in [5.41, 5.74) is 3.08. The monoisotopic (exact) mass is 579 g/mol. The van der Waals surface area contributed by atoms with Gasteiger partial charge in [-0.15, -0.1) is 0 Å². The van der Waals surface area contributed by atoms with E-state index in [1.807, 2.05) is 36.4 Å². The number of carbonyl (C=O) groups excluding carboxylic acids is 4. The Labute approximate surface area is 244 Å². The molecule has 0 radical (unpaired) electrons. The third-order valence-electron chi connectivity index (χ3n) is 5.90. The van der Waals surface area contributed by atoms with Crippen LogP contribution in [0.1, 0.15) is 37.7 Å². The van der Waals surface area contributed by atoms with Crippen molar-refractivity contribution in [2.45, 2.75) is 63.8 Å². The Hall–Kier alpha value is -4.71. The Kier molecular flexibility index (Phi) is 11.6. The van der Waals surface area contributed by atoms with Crippen LogP contribution in [-0.4, -0.2) is 64.7 Å². The number of aromatic amines is 1. The van der Waals surface area contributed by atoms with Crippen LogP contribution in [0.25, 0.3) is 0 Å². The molecule has 3 aromatic rings. The van der Waals surface area contributed by atoms with Crippen molar-refractivity contribution in [2.75, 3.05) is 7.11 Å². The number of H-pyrrole nitrogens is 1. The first-order valence-electron chi connectivity index (χ1n) is 13.4. The Morgan fingerprint density at radius 3 is 2.00 bits per heavy atom. The molecule has 224 valence electrons. The number of benzene rings is 2. The Morgan fingerprint density at radius 1 is 0.833 bits per heavy atom. The van der Waals surface area contributed by atoms with E-state index < -0.39 is 47.7 Å². The van der Waals surface area contributed by atoms with Crippen molar-refractivity contribution in [3.63, 3.8) is 0 Å². The summed E-state index contributed by atoms with van der Waals surface area (Å²) in [5.74, 6) is -1.57. The number of aromatic nitrogens is 2. The van der Waals surface area contributed by atoms with Crippen molar-refractivity contribution in [1.29, 1.82) is 0 Å². The van der Waals surface area contributed by atoms with Gasteiger partial charge in [0.1, 0.15) is 23.5 Å². The van der Waals surface area contributed by atoms with E-state index in [0.717, 1.165) is 11.1 Å². The summed E-state index contributed by atoms with van der Waals surface area (Å²) >= 11 is 0. The van der Waals surface area contributed by atoms with E-state index in [1.165, 1.54) is 13.3 Å². The van der Waals surface area contributed by atoms with Gasteiger partial charge in [-0.3, -0.25) is 14.4 Å². The predicted molar refractivity (Wildman–Crippen MR) is 153 cm³/mol. The van der Waals surface area contributed by atoms with E-state index in [1.54, 1.807) is 51.2 Å². The highest BCUT2D eigenvalue weighted by atomic mass is 16.7. The molecule has 1 aromatic heterocycles. The van der Waals surface area contributed by atoms with Gasteiger partial charge in [0.05, 0.1) is 7.11 Å². The zero-order valence-corrected chi connectivity index (χ0v) is 24.1. The normalized spacial score (nSPS) is 13.2. The average Bonchev–Trinajstić information content (AvgIpc) is 3.47. The number of carbonyl (C=O) groups is 4. The van der Waals surface area contributed by atoms with E-state index in [-0.39, 0.29) is 19.3 Å². The first-order chi connectivity index (χ1) is 20.0. The van der Waals surface area contributed by atoms with Gasteiger partial charge in [0.15, 0.2) is 6.10 Å². The third-order valence-corrected chi connectivity index (χ3v) is 5.90. The summed E-state index contributed by atoms with van der Waals surface area (Å²) in [7, 11) is 1.21. The largest absolute Gasteiger partial charge is 0.467 e. The number of ether oxygens (including phenoxy) is 2. The van der Waals surface area contributed by atoms with E-state index >= 15 is 0 Å². The molecule has 2 aromatic carbocycles. The minimum Gasteiger partial charge on any atom is -0.467 e. The molecule has 12 heteroatoms. The number of rotatable bonds is 13. The van der Waals surface area contributed by atoms with Crippen LogP contribution in [0, 0.1) is 0 Å². The SMILES string of the molecule is COC(=O)[C@H](Cc1ncc[nH]1)NC(=O)[C@H](Cc1ccccc1)ONC(=O)[C@H](Cc1ccccc1)NC(=O)OC(C)(C)C. The summed E-state index contributed by atoms with van der Waals surface area (Å²) in [4.78, 5) is 64.3. The van der Waals surface area contributed by atoms with Crippen LogP contribution in [-0.2, 0) is 48.0 Å². The van der Waals surface area contributed by atoms with Crippen molar-refractivity contribution in [3.8, 4) is 0 Å². The molecule has 0 fully saturated rings.